The van der Waals surface area contributed by atoms with Gasteiger partial charge in [0.05, 0.1) is 11.8 Å². The van der Waals surface area contributed by atoms with Crippen molar-refractivity contribution < 1.29 is 4.79 Å². The highest BCUT2D eigenvalue weighted by Crippen LogP contribution is 2.09. The average molecular weight is 224 g/mol. The number of hydrogen-bond acceptors (Lipinski definition) is 3. The van der Waals surface area contributed by atoms with Crippen molar-refractivity contribution in [1.29, 1.82) is 0 Å². The van der Waals surface area contributed by atoms with Crippen LogP contribution in [0.25, 0.3) is 0 Å². The molecule has 0 atom stereocenters. The molecule has 16 heavy (non-hydrogen) atoms. The molecule has 2 N–H and O–H groups in total. The van der Waals surface area contributed by atoms with E-state index in [0.29, 0.717) is 12.1 Å². The largest absolute Gasteiger partial charge is 0.350 e. The van der Waals surface area contributed by atoms with Gasteiger partial charge in [-0.2, -0.15) is 5.10 Å². The van der Waals surface area contributed by atoms with E-state index in [-0.39, 0.29) is 11.4 Å². The van der Waals surface area contributed by atoms with Crippen LogP contribution < -0.4 is 5.32 Å². The average Bonchev–Trinajstić information content (AvgIpc) is 2.61. The summed E-state index contributed by atoms with van der Waals surface area (Å²) in [6.45, 7) is 6.59. The number of carbonyl (C=O) groups is 1. The third kappa shape index (κ3) is 2.82. The van der Waals surface area contributed by atoms with Crippen molar-refractivity contribution in [3.8, 4) is 0 Å². The quantitative estimate of drug-likeness (QED) is 0.795. The van der Waals surface area contributed by atoms with Crippen LogP contribution in [0.3, 0.4) is 0 Å². The molecule has 1 rings (SSSR count). The number of aromatic nitrogens is 2. The predicted octanol–water partition coefficient (Wildman–Crippen LogP) is 0.788. The number of H-pyrrole nitrogens is 1. The first-order valence-electron chi connectivity index (χ1n) is 5.30. The lowest BCUT2D eigenvalue weighted by atomic mass is 10.0. The standard InChI is InChI=1S/C11H20N4O/c1-8-9(6-13-14-8)10(16)12-7-11(2,3)15(4)5/h6H,7H2,1-5H3,(H,12,16)(H,13,14). The van der Waals surface area contributed by atoms with E-state index in [9.17, 15) is 4.79 Å². The summed E-state index contributed by atoms with van der Waals surface area (Å²) in [5.41, 5.74) is 1.34. The Hall–Kier alpha value is -1.36. The molecule has 5 nitrogen and oxygen atoms in total. The van der Waals surface area contributed by atoms with Crippen LogP contribution in [0.2, 0.25) is 0 Å². The van der Waals surface area contributed by atoms with E-state index in [1.165, 1.54) is 0 Å². The molecule has 0 saturated heterocycles. The summed E-state index contributed by atoms with van der Waals surface area (Å²) in [5.74, 6) is -0.0822. The topological polar surface area (TPSA) is 61.0 Å². The van der Waals surface area contributed by atoms with Crippen LogP contribution in [-0.2, 0) is 0 Å². The highest BCUT2D eigenvalue weighted by atomic mass is 16.1. The molecule has 1 heterocycles. The summed E-state index contributed by atoms with van der Waals surface area (Å²) < 4.78 is 0. The van der Waals surface area contributed by atoms with Gasteiger partial charge in [0.25, 0.3) is 5.91 Å². The summed E-state index contributed by atoms with van der Waals surface area (Å²) >= 11 is 0. The maximum absolute atomic E-state index is 11.8. The van der Waals surface area contributed by atoms with Gasteiger partial charge in [-0.1, -0.05) is 0 Å². The third-order valence-corrected chi connectivity index (χ3v) is 2.97. The Bertz CT molecular complexity index is 368. The lowest BCUT2D eigenvalue weighted by molar-refractivity contribution is 0.0919. The van der Waals surface area contributed by atoms with Crippen molar-refractivity contribution in [2.75, 3.05) is 20.6 Å². The molecule has 90 valence electrons. The molecule has 0 aliphatic heterocycles. The fraction of sp³-hybridized carbons (Fsp3) is 0.636. The van der Waals surface area contributed by atoms with Crippen LogP contribution in [-0.4, -0.2) is 47.2 Å². The number of amides is 1. The van der Waals surface area contributed by atoms with Crippen molar-refractivity contribution in [3.63, 3.8) is 0 Å². The van der Waals surface area contributed by atoms with E-state index >= 15 is 0 Å². The van der Waals surface area contributed by atoms with E-state index in [4.69, 9.17) is 0 Å². The van der Waals surface area contributed by atoms with Gasteiger partial charge >= 0.3 is 0 Å². The maximum Gasteiger partial charge on any atom is 0.254 e. The van der Waals surface area contributed by atoms with Gasteiger partial charge in [0.15, 0.2) is 0 Å². The molecule has 1 aromatic rings. The minimum atomic E-state index is -0.0822. The van der Waals surface area contributed by atoms with Crippen molar-refractivity contribution >= 4 is 5.91 Å². The SMILES string of the molecule is Cc1[nH]ncc1C(=O)NCC(C)(C)N(C)C. The normalized spacial score (nSPS) is 11.9. The van der Waals surface area contributed by atoms with E-state index < -0.39 is 0 Å². The monoisotopic (exact) mass is 224 g/mol. The Kier molecular flexibility index (Phi) is 3.70. The first kappa shape index (κ1) is 12.7. The molecule has 0 radical (unpaired) electrons. The van der Waals surface area contributed by atoms with Gasteiger partial charge in [0.1, 0.15) is 0 Å². The predicted molar refractivity (Wildman–Crippen MR) is 63.4 cm³/mol. The number of carbonyl (C=O) groups excluding carboxylic acids is 1. The third-order valence-electron chi connectivity index (χ3n) is 2.97. The van der Waals surface area contributed by atoms with Crippen molar-refractivity contribution in [3.05, 3.63) is 17.5 Å². The summed E-state index contributed by atoms with van der Waals surface area (Å²) in [6, 6.07) is 0. The van der Waals surface area contributed by atoms with E-state index in [1.54, 1.807) is 6.20 Å². The number of aromatic amines is 1. The Morgan fingerprint density at radius 1 is 1.56 bits per heavy atom. The molecule has 0 aliphatic carbocycles. The smallest absolute Gasteiger partial charge is 0.254 e. The van der Waals surface area contributed by atoms with E-state index in [0.717, 1.165) is 5.69 Å². The maximum atomic E-state index is 11.8. The summed E-state index contributed by atoms with van der Waals surface area (Å²) in [6.07, 6.45) is 1.55. The van der Waals surface area contributed by atoms with Crippen LogP contribution in [0.5, 0.6) is 0 Å². The molecular weight excluding hydrogens is 204 g/mol. The van der Waals surface area contributed by atoms with Crippen LogP contribution in [0.4, 0.5) is 0 Å². The molecule has 5 heteroatoms. The number of nitrogens with zero attached hydrogens (tertiary/aromatic N) is 2. The number of likely N-dealkylation sites (N-methyl/N-ethyl adjacent to an activating group) is 1. The lowest BCUT2D eigenvalue weighted by Crippen LogP contribution is -2.48. The van der Waals surface area contributed by atoms with Crippen LogP contribution in [0.1, 0.15) is 29.9 Å². The van der Waals surface area contributed by atoms with Gasteiger partial charge in [-0.25, -0.2) is 0 Å². The molecule has 0 unspecified atom stereocenters. The molecule has 0 aromatic carbocycles. The van der Waals surface area contributed by atoms with Gasteiger partial charge in [0.2, 0.25) is 0 Å². The van der Waals surface area contributed by atoms with Gasteiger partial charge in [-0.05, 0) is 34.9 Å². The molecule has 0 spiro atoms. The fourth-order valence-corrected chi connectivity index (χ4v) is 1.13. The van der Waals surface area contributed by atoms with Gasteiger partial charge < -0.3 is 10.2 Å². The van der Waals surface area contributed by atoms with Gasteiger partial charge in [-0.15, -0.1) is 0 Å². The Morgan fingerprint density at radius 2 is 2.19 bits per heavy atom. The zero-order chi connectivity index (χ0) is 12.3. The second-order valence-corrected chi connectivity index (χ2v) is 4.80. The van der Waals surface area contributed by atoms with Crippen LogP contribution >= 0.6 is 0 Å². The van der Waals surface area contributed by atoms with Crippen LogP contribution in [0, 0.1) is 6.92 Å². The van der Waals surface area contributed by atoms with E-state index in [2.05, 4.69) is 34.3 Å². The molecule has 1 aromatic heterocycles. The van der Waals surface area contributed by atoms with Crippen LogP contribution in [0.15, 0.2) is 6.20 Å². The summed E-state index contributed by atoms with van der Waals surface area (Å²) in [4.78, 5) is 13.9. The molecule has 0 bridgehead atoms. The minimum absolute atomic E-state index is 0.0622. The van der Waals surface area contributed by atoms with Crippen molar-refractivity contribution in [2.45, 2.75) is 26.3 Å². The number of nitrogens with one attached hydrogen (secondary N) is 2. The Morgan fingerprint density at radius 3 is 2.62 bits per heavy atom. The summed E-state index contributed by atoms with van der Waals surface area (Å²) in [5, 5.41) is 9.48. The minimum Gasteiger partial charge on any atom is -0.350 e. The van der Waals surface area contributed by atoms with Crippen molar-refractivity contribution in [2.24, 2.45) is 0 Å². The Balaban J connectivity index is 2.58. The highest BCUT2D eigenvalue weighted by molar-refractivity contribution is 5.94. The molecule has 0 aliphatic rings. The summed E-state index contributed by atoms with van der Waals surface area (Å²) in [7, 11) is 3.99. The number of rotatable bonds is 4. The zero-order valence-electron chi connectivity index (χ0n) is 10.6. The second-order valence-electron chi connectivity index (χ2n) is 4.80. The number of aryl methyl sites for hydroxylation is 1. The molecule has 0 saturated carbocycles. The first-order chi connectivity index (χ1) is 7.34. The first-order valence-corrected chi connectivity index (χ1v) is 5.30. The second kappa shape index (κ2) is 4.65. The van der Waals surface area contributed by atoms with Gasteiger partial charge in [0, 0.05) is 17.8 Å². The highest BCUT2D eigenvalue weighted by Gasteiger charge is 2.22. The van der Waals surface area contributed by atoms with E-state index in [1.807, 2.05) is 21.0 Å². The van der Waals surface area contributed by atoms with Crippen molar-refractivity contribution in [1.82, 2.24) is 20.4 Å². The number of hydrogen-bond donors (Lipinski definition) is 2. The molecular formula is C11H20N4O. The Labute approximate surface area is 96.2 Å². The fourth-order valence-electron chi connectivity index (χ4n) is 1.13. The zero-order valence-corrected chi connectivity index (χ0v) is 10.6. The molecule has 0 fully saturated rings. The molecule has 1 amide bonds. The lowest BCUT2D eigenvalue weighted by Gasteiger charge is -2.32. The van der Waals surface area contributed by atoms with Gasteiger partial charge in [-0.3, -0.25) is 9.89 Å².